The molecule has 0 fully saturated rings. The maximum absolute atomic E-state index is 2.54. The van der Waals surface area contributed by atoms with Gasteiger partial charge < -0.3 is 0 Å². The molecule has 0 heteroatoms. The third-order valence-electron chi connectivity index (χ3n) is 12.8. The third-order valence-corrected chi connectivity index (χ3v) is 12.8. The summed E-state index contributed by atoms with van der Waals surface area (Å²) in [7, 11) is 0. The van der Waals surface area contributed by atoms with E-state index in [9.17, 15) is 0 Å². The smallest absolute Gasteiger partial charge is 0.0159 e. The molecule has 256 valence electrons. The van der Waals surface area contributed by atoms with E-state index in [1.54, 1.807) is 0 Å². The number of hydrogen-bond acceptors (Lipinski definition) is 0. The van der Waals surface area contributed by atoms with E-state index in [0.717, 1.165) is 0 Å². The van der Waals surface area contributed by atoms with Crippen LogP contribution in [0, 0.1) is 0 Å². The molecule has 0 saturated heterocycles. The van der Waals surface area contributed by atoms with Crippen molar-refractivity contribution in [1.82, 2.24) is 0 Å². The van der Waals surface area contributed by atoms with E-state index in [1.165, 1.54) is 121 Å². The van der Waals surface area contributed by atoms with Crippen LogP contribution in [0.3, 0.4) is 0 Å². The van der Waals surface area contributed by atoms with Crippen LogP contribution >= 0.6 is 0 Å². The largest absolute Gasteiger partial charge is 0.0622 e. The monoisotopic (exact) mass is 696 g/mol. The number of rotatable bonds is 3. The van der Waals surface area contributed by atoms with Gasteiger partial charge in [-0.3, -0.25) is 0 Å². The van der Waals surface area contributed by atoms with E-state index in [1.807, 2.05) is 0 Å². The molecule has 0 radical (unpaired) electrons. The summed E-state index contributed by atoms with van der Waals surface area (Å²) in [5.74, 6) is 0. The van der Waals surface area contributed by atoms with E-state index in [2.05, 4.69) is 196 Å². The highest BCUT2D eigenvalue weighted by molar-refractivity contribution is 6.29. The van der Waals surface area contributed by atoms with Gasteiger partial charge in [0.25, 0.3) is 0 Å². The molecular weight excluding hydrogens is 661 g/mol. The van der Waals surface area contributed by atoms with Crippen LogP contribution in [0.2, 0.25) is 0 Å². The van der Waals surface area contributed by atoms with Crippen LogP contribution in [0.1, 0.15) is 25.0 Å². The van der Waals surface area contributed by atoms with E-state index in [-0.39, 0.29) is 5.41 Å². The zero-order chi connectivity index (χ0) is 36.4. The van der Waals surface area contributed by atoms with Gasteiger partial charge in [0, 0.05) is 5.41 Å². The fourth-order valence-corrected chi connectivity index (χ4v) is 10.4. The van der Waals surface area contributed by atoms with Crippen LogP contribution in [-0.4, -0.2) is 0 Å². The second-order valence-electron chi connectivity index (χ2n) is 15.9. The molecule has 0 aliphatic heterocycles. The molecule has 0 aromatic heterocycles. The van der Waals surface area contributed by atoms with Crippen molar-refractivity contribution in [3.05, 3.63) is 193 Å². The SMILES string of the molecule is CC1(C)c2ccc3ccccc3c2-c2c1cc(-c1ccc3c4c(cccc14)-c1c-3c(-c3ccccc3)c3ccccc3c1-c1ccccc1)c1ccccc21. The average Bonchev–Trinajstić information content (AvgIpc) is 3.69. The van der Waals surface area contributed by atoms with Gasteiger partial charge in [-0.25, -0.2) is 0 Å². The van der Waals surface area contributed by atoms with Crippen molar-refractivity contribution in [2.45, 2.75) is 19.3 Å². The zero-order valence-corrected chi connectivity index (χ0v) is 30.8. The summed E-state index contributed by atoms with van der Waals surface area (Å²) in [4.78, 5) is 0. The Hall–Kier alpha value is -6.76. The molecule has 10 aromatic carbocycles. The predicted octanol–water partition coefficient (Wildman–Crippen LogP) is 15.3. The summed E-state index contributed by atoms with van der Waals surface area (Å²) in [5, 5.41) is 10.5. The van der Waals surface area contributed by atoms with Gasteiger partial charge >= 0.3 is 0 Å². The molecule has 55 heavy (non-hydrogen) atoms. The van der Waals surface area contributed by atoms with Gasteiger partial charge in [0.15, 0.2) is 0 Å². The van der Waals surface area contributed by atoms with Crippen LogP contribution in [0.5, 0.6) is 0 Å². The van der Waals surface area contributed by atoms with Gasteiger partial charge in [0.1, 0.15) is 0 Å². The average molecular weight is 697 g/mol. The van der Waals surface area contributed by atoms with Crippen molar-refractivity contribution in [1.29, 1.82) is 0 Å². The van der Waals surface area contributed by atoms with Crippen molar-refractivity contribution in [2.24, 2.45) is 0 Å². The molecule has 0 saturated carbocycles. The van der Waals surface area contributed by atoms with Crippen molar-refractivity contribution >= 4 is 43.1 Å². The van der Waals surface area contributed by atoms with Crippen molar-refractivity contribution in [3.63, 3.8) is 0 Å². The first-order valence-electron chi connectivity index (χ1n) is 19.4. The molecule has 0 heterocycles. The molecule has 10 aromatic rings. The molecule has 2 aliphatic carbocycles. The fraction of sp³-hybridized carbons (Fsp3) is 0.0545. The van der Waals surface area contributed by atoms with Crippen molar-refractivity contribution < 1.29 is 0 Å². The van der Waals surface area contributed by atoms with E-state index >= 15 is 0 Å². The van der Waals surface area contributed by atoms with E-state index in [4.69, 9.17) is 0 Å². The second-order valence-corrected chi connectivity index (χ2v) is 15.9. The molecule has 0 nitrogen and oxygen atoms in total. The second kappa shape index (κ2) is 11.1. The topological polar surface area (TPSA) is 0 Å². The maximum atomic E-state index is 2.54. The van der Waals surface area contributed by atoms with E-state index in [0.29, 0.717) is 0 Å². The first-order chi connectivity index (χ1) is 27.1. The Morgan fingerprint density at radius 1 is 0.291 bits per heavy atom. The fourth-order valence-electron chi connectivity index (χ4n) is 10.4. The number of fused-ring (bicyclic) bond motifs is 11. The van der Waals surface area contributed by atoms with Crippen LogP contribution in [0.4, 0.5) is 0 Å². The van der Waals surface area contributed by atoms with Gasteiger partial charge in [0.2, 0.25) is 0 Å². The quantitative estimate of drug-likeness (QED) is 0.172. The Morgan fingerprint density at radius 3 is 1.44 bits per heavy atom. The van der Waals surface area contributed by atoms with Gasteiger partial charge in [-0.2, -0.15) is 0 Å². The zero-order valence-electron chi connectivity index (χ0n) is 30.8. The Balaban J connectivity index is 1.19. The molecule has 0 spiro atoms. The minimum atomic E-state index is -0.145. The van der Waals surface area contributed by atoms with Crippen LogP contribution in [0.25, 0.3) is 110 Å². The molecule has 0 N–H and O–H groups in total. The number of benzene rings is 10. The van der Waals surface area contributed by atoms with Crippen LogP contribution in [-0.2, 0) is 5.41 Å². The first kappa shape index (κ1) is 30.7. The highest BCUT2D eigenvalue weighted by Crippen LogP contribution is 2.60. The van der Waals surface area contributed by atoms with Gasteiger partial charge in [0.05, 0.1) is 0 Å². The van der Waals surface area contributed by atoms with Gasteiger partial charge in [-0.1, -0.05) is 190 Å². The van der Waals surface area contributed by atoms with E-state index < -0.39 is 0 Å². The lowest BCUT2D eigenvalue weighted by Crippen LogP contribution is -2.15. The molecule has 0 bridgehead atoms. The summed E-state index contributed by atoms with van der Waals surface area (Å²) in [5.41, 5.74) is 18.5. The lowest BCUT2D eigenvalue weighted by Gasteiger charge is -2.23. The maximum Gasteiger partial charge on any atom is 0.0159 e. The number of hydrogen-bond donors (Lipinski definition) is 0. The Bertz CT molecular complexity index is 3160. The molecule has 0 unspecified atom stereocenters. The predicted molar refractivity (Wildman–Crippen MR) is 235 cm³/mol. The summed E-state index contributed by atoms with van der Waals surface area (Å²) in [6.07, 6.45) is 0. The molecule has 0 atom stereocenters. The van der Waals surface area contributed by atoms with Gasteiger partial charge in [-0.05, 0) is 127 Å². The highest BCUT2D eigenvalue weighted by atomic mass is 14.4. The molecular formula is C55H36. The third kappa shape index (κ3) is 4.06. The molecule has 0 amide bonds. The van der Waals surface area contributed by atoms with Gasteiger partial charge in [-0.15, -0.1) is 0 Å². The molecule has 12 rings (SSSR count). The Labute approximate surface area is 321 Å². The highest BCUT2D eigenvalue weighted by Gasteiger charge is 2.39. The minimum Gasteiger partial charge on any atom is -0.0622 e. The summed E-state index contributed by atoms with van der Waals surface area (Å²) < 4.78 is 0. The lowest BCUT2D eigenvalue weighted by atomic mass is 9.80. The van der Waals surface area contributed by atoms with Crippen molar-refractivity contribution in [3.8, 4) is 66.8 Å². The Kier molecular flexibility index (Phi) is 6.21. The minimum absolute atomic E-state index is 0.145. The van der Waals surface area contributed by atoms with Crippen LogP contribution < -0.4 is 0 Å². The van der Waals surface area contributed by atoms with Crippen LogP contribution in [0.15, 0.2) is 182 Å². The normalized spacial score (nSPS) is 13.4. The summed E-state index contributed by atoms with van der Waals surface area (Å²) >= 11 is 0. The van der Waals surface area contributed by atoms with Crippen molar-refractivity contribution in [2.75, 3.05) is 0 Å². The lowest BCUT2D eigenvalue weighted by molar-refractivity contribution is 0.661. The Morgan fingerprint density at radius 2 is 0.782 bits per heavy atom. The summed E-state index contributed by atoms with van der Waals surface area (Å²) in [6, 6.07) is 68.1. The summed E-state index contributed by atoms with van der Waals surface area (Å²) in [6.45, 7) is 4.83. The first-order valence-corrected chi connectivity index (χ1v) is 19.4. The standard InChI is InChI=1S/C55H36/c1-55(2)46-31-28-33-16-9-10-21-36(33)51(46)52-40-23-12-11-22-37(40)45(32-47(52)55)38-29-30-44-50-39(38)26-15-27-43(50)53-48(34-17-5-3-6-18-34)41-24-13-14-25-42(41)49(54(44)53)35-19-7-4-8-20-35/h3-32H,1-2H3. The molecule has 2 aliphatic rings.